The predicted octanol–water partition coefficient (Wildman–Crippen LogP) is 4.65. The van der Waals surface area contributed by atoms with Crippen LogP contribution in [0.4, 0.5) is 0 Å². The van der Waals surface area contributed by atoms with Gasteiger partial charge in [0.2, 0.25) is 0 Å². The van der Waals surface area contributed by atoms with Gasteiger partial charge in [0, 0.05) is 6.04 Å². The van der Waals surface area contributed by atoms with Gasteiger partial charge < -0.3 is 4.74 Å². The van der Waals surface area contributed by atoms with Gasteiger partial charge >= 0.3 is 0 Å². The number of benzene rings is 1. The molecule has 1 unspecified atom stereocenters. The van der Waals surface area contributed by atoms with E-state index in [9.17, 15) is 0 Å². The quantitative estimate of drug-likeness (QED) is 0.354. The molecule has 0 radical (unpaired) electrons. The molecule has 1 aromatic carbocycles. The normalized spacial score (nSPS) is 12.4. The first-order chi connectivity index (χ1) is 10.2. The van der Waals surface area contributed by atoms with Gasteiger partial charge in [0.25, 0.3) is 0 Å². The number of nitrogens with one attached hydrogen (secondary N) is 1. The molecule has 0 spiro atoms. The summed E-state index contributed by atoms with van der Waals surface area (Å²) in [6.07, 6.45) is 10.4. The maximum Gasteiger partial charge on any atom is 0.121 e. The molecule has 3 N–H and O–H groups in total. The Labute approximate surface area is 130 Å². The van der Waals surface area contributed by atoms with Crippen LogP contribution < -0.4 is 16.0 Å². The van der Waals surface area contributed by atoms with Gasteiger partial charge in [0.15, 0.2) is 0 Å². The molecular weight excluding hydrogens is 260 g/mol. The Hall–Kier alpha value is -1.06. The monoisotopic (exact) mass is 292 g/mol. The lowest BCUT2D eigenvalue weighted by molar-refractivity contribution is 0.410. The Balaban J connectivity index is 2.36. The molecule has 0 heterocycles. The van der Waals surface area contributed by atoms with Gasteiger partial charge in [-0.15, -0.1) is 0 Å². The van der Waals surface area contributed by atoms with E-state index in [1.165, 1.54) is 50.5 Å². The standard InChI is InChI=1S/C18H32N2O/c1-4-5-6-7-8-9-10-11-17(20-19)16-12-13-18(21-3)15(2)14-16/h12-14,17,20H,4-11,19H2,1-3H3. The predicted molar refractivity (Wildman–Crippen MR) is 90.4 cm³/mol. The number of unbranched alkanes of at least 4 members (excludes halogenated alkanes) is 6. The molecule has 0 amide bonds. The van der Waals surface area contributed by atoms with Crippen molar-refractivity contribution in [2.45, 2.75) is 71.3 Å². The van der Waals surface area contributed by atoms with E-state index < -0.39 is 0 Å². The number of hydrogen-bond acceptors (Lipinski definition) is 3. The first-order valence-corrected chi connectivity index (χ1v) is 8.33. The molecule has 1 rings (SSSR count). The molecule has 0 aliphatic heterocycles. The Morgan fingerprint density at radius 2 is 1.76 bits per heavy atom. The van der Waals surface area contributed by atoms with E-state index >= 15 is 0 Å². The minimum atomic E-state index is 0.241. The zero-order valence-corrected chi connectivity index (χ0v) is 14.0. The molecule has 3 nitrogen and oxygen atoms in total. The highest BCUT2D eigenvalue weighted by atomic mass is 16.5. The van der Waals surface area contributed by atoms with Crippen molar-refractivity contribution in [2.24, 2.45) is 5.84 Å². The summed E-state index contributed by atoms with van der Waals surface area (Å²) >= 11 is 0. The molecule has 0 bridgehead atoms. The number of hydrazine groups is 1. The number of methoxy groups -OCH3 is 1. The topological polar surface area (TPSA) is 47.3 Å². The second-order valence-corrected chi connectivity index (χ2v) is 5.86. The fourth-order valence-corrected chi connectivity index (χ4v) is 2.77. The highest BCUT2D eigenvalue weighted by Gasteiger charge is 2.10. The molecule has 1 aromatic rings. The van der Waals surface area contributed by atoms with E-state index in [1.54, 1.807) is 7.11 Å². The van der Waals surface area contributed by atoms with E-state index in [0.717, 1.165) is 17.7 Å². The van der Waals surface area contributed by atoms with Crippen molar-refractivity contribution in [3.8, 4) is 5.75 Å². The fraction of sp³-hybridized carbons (Fsp3) is 0.667. The van der Waals surface area contributed by atoms with Crippen molar-refractivity contribution < 1.29 is 4.74 Å². The summed E-state index contributed by atoms with van der Waals surface area (Å²) in [5.74, 6) is 6.66. The third-order valence-corrected chi connectivity index (χ3v) is 4.12. The molecule has 0 aliphatic carbocycles. The third-order valence-electron chi connectivity index (χ3n) is 4.12. The van der Waals surface area contributed by atoms with Gasteiger partial charge in [-0.1, -0.05) is 64.0 Å². The lowest BCUT2D eigenvalue weighted by Gasteiger charge is -2.17. The summed E-state index contributed by atoms with van der Waals surface area (Å²) in [7, 11) is 1.71. The zero-order chi connectivity index (χ0) is 15.5. The van der Waals surface area contributed by atoms with Crippen LogP contribution in [0.15, 0.2) is 18.2 Å². The molecule has 21 heavy (non-hydrogen) atoms. The van der Waals surface area contributed by atoms with E-state index in [-0.39, 0.29) is 6.04 Å². The summed E-state index contributed by atoms with van der Waals surface area (Å²) in [6.45, 7) is 4.33. The van der Waals surface area contributed by atoms with E-state index in [2.05, 4.69) is 31.4 Å². The van der Waals surface area contributed by atoms with E-state index in [1.807, 2.05) is 6.07 Å². The molecule has 120 valence electrons. The molecular formula is C18H32N2O. The van der Waals surface area contributed by atoms with Crippen molar-refractivity contribution in [3.63, 3.8) is 0 Å². The molecule has 3 heteroatoms. The Bertz CT molecular complexity index is 393. The van der Waals surface area contributed by atoms with Crippen molar-refractivity contribution in [3.05, 3.63) is 29.3 Å². The molecule has 1 atom stereocenters. The van der Waals surface area contributed by atoms with Crippen LogP contribution in [0.2, 0.25) is 0 Å². The van der Waals surface area contributed by atoms with E-state index in [0.29, 0.717) is 0 Å². The van der Waals surface area contributed by atoms with Crippen LogP contribution in [-0.2, 0) is 0 Å². The van der Waals surface area contributed by atoms with Crippen LogP contribution in [0, 0.1) is 6.92 Å². The number of rotatable bonds is 11. The van der Waals surface area contributed by atoms with Crippen LogP contribution in [0.5, 0.6) is 5.75 Å². The molecule has 0 fully saturated rings. The van der Waals surface area contributed by atoms with Crippen molar-refractivity contribution >= 4 is 0 Å². The Morgan fingerprint density at radius 3 is 2.33 bits per heavy atom. The summed E-state index contributed by atoms with van der Waals surface area (Å²) in [6, 6.07) is 6.55. The number of nitrogens with two attached hydrogens (primary N) is 1. The van der Waals surface area contributed by atoms with E-state index in [4.69, 9.17) is 10.6 Å². The number of hydrogen-bond donors (Lipinski definition) is 2. The second kappa shape index (κ2) is 10.6. The van der Waals surface area contributed by atoms with Gasteiger partial charge in [-0.05, 0) is 30.5 Å². The first-order valence-electron chi connectivity index (χ1n) is 8.33. The van der Waals surface area contributed by atoms with Crippen LogP contribution in [0.25, 0.3) is 0 Å². The van der Waals surface area contributed by atoms with Gasteiger partial charge in [0.1, 0.15) is 5.75 Å². The van der Waals surface area contributed by atoms with Crippen LogP contribution in [0.3, 0.4) is 0 Å². The largest absolute Gasteiger partial charge is 0.496 e. The second-order valence-electron chi connectivity index (χ2n) is 5.86. The van der Waals surface area contributed by atoms with Gasteiger partial charge in [-0.25, -0.2) is 0 Å². The fourth-order valence-electron chi connectivity index (χ4n) is 2.77. The van der Waals surface area contributed by atoms with Crippen molar-refractivity contribution in [1.82, 2.24) is 5.43 Å². The SMILES string of the molecule is CCCCCCCCCC(NN)c1ccc(OC)c(C)c1. The summed E-state index contributed by atoms with van der Waals surface area (Å²) < 4.78 is 5.31. The average Bonchev–Trinajstić information content (AvgIpc) is 2.50. The molecule has 0 saturated heterocycles. The highest BCUT2D eigenvalue weighted by Crippen LogP contribution is 2.25. The number of ether oxygens (including phenoxy) is 1. The zero-order valence-electron chi connectivity index (χ0n) is 14.0. The molecule has 0 saturated carbocycles. The van der Waals surface area contributed by atoms with Crippen molar-refractivity contribution in [1.29, 1.82) is 0 Å². The Kier molecular flexibility index (Phi) is 9.11. The number of aryl methyl sites for hydroxylation is 1. The highest BCUT2D eigenvalue weighted by molar-refractivity contribution is 5.37. The lowest BCUT2D eigenvalue weighted by Crippen LogP contribution is -2.28. The van der Waals surface area contributed by atoms with Crippen LogP contribution >= 0.6 is 0 Å². The Morgan fingerprint density at radius 1 is 1.10 bits per heavy atom. The smallest absolute Gasteiger partial charge is 0.121 e. The van der Waals surface area contributed by atoms with Gasteiger partial charge in [0.05, 0.1) is 7.11 Å². The van der Waals surface area contributed by atoms with Crippen molar-refractivity contribution in [2.75, 3.05) is 7.11 Å². The summed E-state index contributed by atoms with van der Waals surface area (Å²) in [4.78, 5) is 0. The minimum absolute atomic E-state index is 0.241. The maximum absolute atomic E-state index is 5.72. The van der Waals surface area contributed by atoms with Gasteiger partial charge in [-0.2, -0.15) is 0 Å². The minimum Gasteiger partial charge on any atom is -0.496 e. The average molecular weight is 292 g/mol. The first kappa shape index (κ1) is 18.0. The van der Waals surface area contributed by atoms with Crippen LogP contribution in [0.1, 0.15) is 75.5 Å². The van der Waals surface area contributed by atoms with Gasteiger partial charge in [-0.3, -0.25) is 11.3 Å². The molecule has 0 aliphatic rings. The third kappa shape index (κ3) is 6.49. The summed E-state index contributed by atoms with van der Waals surface area (Å²) in [5, 5.41) is 0. The van der Waals surface area contributed by atoms with Crippen LogP contribution in [-0.4, -0.2) is 7.11 Å². The maximum atomic E-state index is 5.72. The lowest BCUT2D eigenvalue weighted by atomic mass is 9.98. The molecule has 0 aromatic heterocycles. The summed E-state index contributed by atoms with van der Waals surface area (Å²) in [5.41, 5.74) is 5.37.